The number of nitrogens with one attached hydrogen (secondary N) is 1. The predicted molar refractivity (Wildman–Crippen MR) is 103 cm³/mol. The predicted octanol–water partition coefficient (Wildman–Crippen LogP) is 4.09. The summed E-state index contributed by atoms with van der Waals surface area (Å²) in [4.78, 5) is 22.3. The lowest BCUT2D eigenvalue weighted by Gasteiger charge is -2.10. The van der Waals surface area contributed by atoms with Crippen molar-refractivity contribution in [2.45, 2.75) is 26.4 Å². The van der Waals surface area contributed by atoms with Gasteiger partial charge in [-0.2, -0.15) is 0 Å². The van der Waals surface area contributed by atoms with Gasteiger partial charge in [0, 0.05) is 17.7 Å². The lowest BCUT2D eigenvalue weighted by atomic mass is 10.0. The molecule has 1 unspecified atom stereocenters. The van der Waals surface area contributed by atoms with Crippen LogP contribution in [0.3, 0.4) is 0 Å². The third-order valence-corrected chi connectivity index (χ3v) is 4.47. The van der Waals surface area contributed by atoms with Gasteiger partial charge in [0.1, 0.15) is 5.76 Å². The number of hydrogen-bond acceptors (Lipinski definition) is 5. The molecule has 1 aliphatic rings. The first kappa shape index (κ1) is 17.0. The van der Waals surface area contributed by atoms with Gasteiger partial charge in [0.15, 0.2) is 0 Å². The van der Waals surface area contributed by atoms with E-state index in [0.29, 0.717) is 18.0 Å². The molecule has 3 aromatic rings. The summed E-state index contributed by atoms with van der Waals surface area (Å²) in [6.07, 6.45) is -0.205. The minimum atomic E-state index is -0.643. The van der Waals surface area contributed by atoms with E-state index in [1.165, 1.54) is 0 Å². The maximum absolute atomic E-state index is 12.5. The van der Waals surface area contributed by atoms with Crippen LogP contribution in [0.15, 0.2) is 64.2 Å². The van der Waals surface area contributed by atoms with Crippen molar-refractivity contribution < 1.29 is 14.0 Å². The molecule has 1 atom stereocenters. The average molecular weight is 361 g/mol. The number of benzene rings is 2. The zero-order chi connectivity index (χ0) is 18.8. The van der Waals surface area contributed by atoms with Crippen molar-refractivity contribution in [3.63, 3.8) is 0 Å². The van der Waals surface area contributed by atoms with E-state index < -0.39 is 6.10 Å². The van der Waals surface area contributed by atoms with Crippen LogP contribution < -0.4 is 5.32 Å². The fourth-order valence-corrected chi connectivity index (χ4v) is 2.87. The van der Waals surface area contributed by atoms with Gasteiger partial charge >= 0.3 is 0 Å². The highest BCUT2D eigenvalue weighted by atomic mass is 16.6. The fraction of sp³-hybridized carbons (Fsp3) is 0.190. The number of aromatic nitrogens is 1. The number of nitrogens with zero attached hydrogens (tertiary/aromatic N) is 2. The van der Waals surface area contributed by atoms with Crippen LogP contribution in [0.25, 0.3) is 11.5 Å². The summed E-state index contributed by atoms with van der Waals surface area (Å²) < 4.78 is 5.66. The van der Waals surface area contributed by atoms with E-state index in [9.17, 15) is 4.79 Å². The zero-order valence-corrected chi connectivity index (χ0v) is 15.1. The Bertz CT molecular complexity index is 989. The number of carbonyl (C=O) groups excluding carboxylic acids is 1. The molecular formula is C21H19N3O3. The van der Waals surface area contributed by atoms with Gasteiger partial charge in [-0.3, -0.25) is 4.79 Å². The van der Waals surface area contributed by atoms with Crippen molar-refractivity contribution in [1.82, 2.24) is 4.98 Å². The van der Waals surface area contributed by atoms with Crippen LogP contribution in [0.2, 0.25) is 0 Å². The first-order valence-electron chi connectivity index (χ1n) is 8.73. The van der Waals surface area contributed by atoms with E-state index in [4.69, 9.17) is 9.25 Å². The SMILES string of the molecule is Cc1nc(-c2cccc(NC(=O)C3CC(c4ccccc4)=NO3)c2)oc1C. The van der Waals surface area contributed by atoms with Gasteiger partial charge in [0.2, 0.25) is 12.0 Å². The maximum atomic E-state index is 12.5. The molecule has 2 aromatic carbocycles. The molecule has 6 nitrogen and oxygen atoms in total. The normalized spacial score (nSPS) is 15.9. The van der Waals surface area contributed by atoms with Crippen LogP contribution >= 0.6 is 0 Å². The minimum Gasteiger partial charge on any atom is -0.441 e. The molecule has 2 heterocycles. The molecule has 1 amide bonds. The van der Waals surface area contributed by atoms with Crippen molar-refractivity contribution in [3.05, 3.63) is 71.6 Å². The average Bonchev–Trinajstić information content (AvgIpc) is 3.30. The van der Waals surface area contributed by atoms with Gasteiger partial charge in [-0.15, -0.1) is 0 Å². The molecule has 0 bridgehead atoms. The molecule has 136 valence electrons. The van der Waals surface area contributed by atoms with Crippen LogP contribution in [0.5, 0.6) is 0 Å². The van der Waals surface area contributed by atoms with Crippen LogP contribution in [0, 0.1) is 13.8 Å². The van der Waals surface area contributed by atoms with Crippen molar-refractivity contribution >= 4 is 17.3 Å². The molecule has 0 spiro atoms. The fourth-order valence-electron chi connectivity index (χ4n) is 2.87. The van der Waals surface area contributed by atoms with Gasteiger partial charge in [-0.25, -0.2) is 4.98 Å². The summed E-state index contributed by atoms with van der Waals surface area (Å²) in [6, 6.07) is 17.1. The van der Waals surface area contributed by atoms with Crippen LogP contribution in [0.4, 0.5) is 5.69 Å². The highest BCUT2D eigenvalue weighted by molar-refractivity contribution is 6.06. The molecule has 27 heavy (non-hydrogen) atoms. The third kappa shape index (κ3) is 3.60. The van der Waals surface area contributed by atoms with Crippen LogP contribution in [-0.2, 0) is 9.63 Å². The Labute approximate surface area is 156 Å². The largest absolute Gasteiger partial charge is 0.441 e. The summed E-state index contributed by atoms with van der Waals surface area (Å²) in [5, 5.41) is 6.94. The van der Waals surface area contributed by atoms with E-state index in [1.807, 2.05) is 68.4 Å². The number of hydrogen-bond donors (Lipinski definition) is 1. The lowest BCUT2D eigenvalue weighted by Crippen LogP contribution is -2.28. The number of aryl methyl sites for hydroxylation is 2. The summed E-state index contributed by atoms with van der Waals surface area (Å²) in [7, 11) is 0. The van der Waals surface area contributed by atoms with Crippen LogP contribution in [0.1, 0.15) is 23.4 Å². The Morgan fingerprint density at radius 1 is 1.07 bits per heavy atom. The van der Waals surface area contributed by atoms with Crippen molar-refractivity contribution in [2.75, 3.05) is 5.32 Å². The number of rotatable bonds is 4. The summed E-state index contributed by atoms with van der Waals surface area (Å²) >= 11 is 0. The summed E-state index contributed by atoms with van der Waals surface area (Å²) in [5.41, 5.74) is 4.05. The molecule has 0 saturated heterocycles. The number of amides is 1. The van der Waals surface area contributed by atoms with Crippen molar-refractivity contribution in [1.29, 1.82) is 0 Å². The Morgan fingerprint density at radius 3 is 2.59 bits per heavy atom. The van der Waals surface area contributed by atoms with E-state index >= 15 is 0 Å². The third-order valence-electron chi connectivity index (χ3n) is 4.47. The molecular weight excluding hydrogens is 342 g/mol. The van der Waals surface area contributed by atoms with E-state index in [0.717, 1.165) is 28.3 Å². The monoisotopic (exact) mass is 361 g/mol. The van der Waals surface area contributed by atoms with Gasteiger partial charge in [0.05, 0.1) is 11.4 Å². The molecule has 1 aliphatic heterocycles. The van der Waals surface area contributed by atoms with Gasteiger partial charge in [0.25, 0.3) is 5.91 Å². The van der Waals surface area contributed by atoms with E-state index in [1.54, 1.807) is 0 Å². The summed E-state index contributed by atoms with van der Waals surface area (Å²) in [6.45, 7) is 3.77. The molecule has 6 heteroatoms. The Kier molecular flexibility index (Phi) is 4.46. The van der Waals surface area contributed by atoms with Crippen molar-refractivity contribution in [2.24, 2.45) is 5.16 Å². The maximum Gasteiger partial charge on any atom is 0.268 e. The molecule has 4 rings (SSSR count). The summed E-state index contributed by atoms with van der Waals surface area (Å²) in [5.74, 6) is 1.08. The first-order valence-corrected chi connectivity index (χ1v) is 8.73. The van der Waals surface area contributed by atoms with Crippen molar-refractivity contribution in [3.8, 4) is 11.5 Å². The second kappa shape index (κ2) is 7.07. The highest BCUT2D eigenvalue weighted by Crippen LogP contribution is 2.25. The Hall–Kier alpha value is -3.41. The lowest BCUT2D eigenvalue weighted by molar-refractivity contribution is -0.125. The molecule has 0 radical (unpaired) electrons. The molecule has 1 N–H and O–H groups in total. The molecule has 1 aromatic heterocycles. The van der Waals surface area contributed by atoms with E-state index in [2.05, 4.69) is 15.5 Å². The topological polar surface area (TPSA) is 76.7 Å². The van der Waals surface area contributed by atoms with Gasteiger partial charge < -0.3 is 14.6 Å². The first-order chi connectivity index (χ1) is 13.1. The Balaban J connectivity index is 1.44. The minimum absolute atomic E-state index is 0.235. The number of oxazole rings is 1. The second-order valence-corrected chi connectivity index (χ2v) is 6.43. The second-order valence-electron chi connectivity index (χ2n) is 6.43. The molecule has 0 aliphatic carbocycles. The van der Waals surface area contributed by atoms with Crippen LogP contribution in [-0.4, -0.2) is 22.7 Å². The zero-order valence-electron chi connectivity index (χ0n) is 15.1. The van der Waals surface area contributed by atoms with Gasteiger partial charge in [-0.05, 0) is 37.6 Å². The number of carbonyl (C=O) groups is 1. The molecule has 0 fully saturated rings. The molecule has 0 saturated carbocycles. The number of anilines is 1. The standard InChI is InChI=1S/C21H19N3O3/c1-13-14(2)26-21(22-13)16-9-6-10-17(11-16)23-20(25)19-12-18(24-27-19)15-7-4-3-5-8-15/h3-11,19H,12H2,1-2H3,(H,23,25). The Morgan fingerprint density at radius 2 is 1.85 bits per heavy atom. The smallest absolute Gasteiger partial charge is 0.268 e. The van der Waals surface area contributed by atoms with Gasteiger partial charge in [-0.1, -0.05) is 41.6 Å². The number of oxime groups is 1. The quantitative estimate of drug-likeness (QED) is 0.759. The van der Waals surface area contributed by atoms with E-state index in [-0.39, 0.29) is 5.91 Å². The highest BCUT2D eigenvalue weighted by Gasteiger charge is 2.29.